The average molecular weight is 591 g/mol. The van der Waals surface area contributed by atoms with Crippen LogP contribution in [0.5, 0.6) is 0 Å². The summed E-state index contributed by atoms with van der Waals surface area (Å²) < 4.78 is -0.715. The van der Waals surface area contributed by atoms with Crippen LogP contribution in [0.15, 0.2) is 55.6 Å². The highest BCUT2D eigenvalue weighted by Crippen LogP contribution is 2.68. The number of fused-ring (bicyclic) bond motifs is 1. The summed E-state index contributed by atoms with van der Waals surface area (Å²) in [6.07, 6.45) is 4.40. The molecule has 1 aromatic rings. The largest absolute Gasteiger partial charge is 0.396 e. The van der Waals surface area contributed by atoms with E-state index in [1.807, 2.05) is 44.2 Å². The fourth-order valence-corrected chi connectivity index (χ4v) is 9.86. The molecule has 4 rings (SSSR count). The summed E-state index contributed by atoms with van der Waals surface area (Å²) in [5.41, 5.74) is 0.757. The molecule has 7 nitrogen and oxygen atoms in total. The van der Waals surface area contributed by atoms with Gasteiger partial charge in [0.25, 0.3) is 0 Å². The molecule has 3 saturated heterocycles. The Balaban J connectivity index is 1.78. The third-order valence-electron chi connectivity index (χ3n) is 7.74. The van der Waals surface area contributed by atoms with Crippen LogP contribution in [0.3, 0.4) is 0 Å². The van der Waals surface area contributed by atoms with Gasteiger partial charge in [0.15, 0.2) is 0 Å². The fourth-order valence-electron chi connectivity index (χ4n) is 6.26. The second-order valence-corrected chi connectivity index (χ2v) is 12.9. The summed E-state index contributed by atoms with van der Waals surface area (Å²) in [6, 6.07) is 8.67. The van der Waals surface area contributed by atoms with Gasteiger partial charge in [-0.3, -0.25) is 14.4 Å². The standard InChI is InChI=1S/C28H36BrN3O4S/c1-5-13-30(18(3)4)27(36)24-28-17-20(29)23(37-28)21(22(28)26(35)32(24)15-10-16-33)25(34)31(14-6-2)19-11-8-7-9-12-19/h5-9,11-12,18,20-24,33H,1-2,10,13-17H2,3-4H3/t20?,21-,22+,23-,24?,28?/m1/s1. The van der Waals surface area contributed by atoms with Gasteiger partial charge < -0.3 is 19.8 Å². The number of nitrogens with zero attached hydrogens (tertiary/aromatic N) is 3. The van der Waals surface area contributed by atoms with Gasteiger partial charge in [0.05, 0.1) is 16.6 Å². The Hall–Kier alpha value is -2.10. The molecule has 3 amide bonds. The van der Waals surface area contributed by atoms with Gasteiger partial charge in [-0.15, -0.1) is 24.9 Å². The normalized spacial score (nSPS) is 29.9. The van der Waals surface area contributed by atoms with Gasteiger partial charge in [-0.2, -0.15) is 0 Å². The van der Waals surface area contributed by atoms with Crippen LogP contribution in [0, 0.1) is 11.8 Å². The van der Waals surface area contributed by atoms with Crippen molar-refractivity contribution < 1.29 is 19.5 Å². The SMILES string of the molecule is C=CCN(C(=O)[C@H]1[C@@H]2SC3(CC2Br)C(C(=O)N(CC=C)C(C)C)N(CCCO)C(=O)[C@H]13)c1ccccc1. The molecule has 3 aliphatic heterocycles. The summed E-state index contributed by atoms with van der Waals surface area (Å²) in [6.45, 7) is 12.5. The van der Waals surface area contributed by atoms with Crippen LogP contribution >= 0.6 is 27.7 Å². The minimum Gasteiger partial charge on any atom is -0.396 e. The van der Waals surface area contributed by atoms with E-state index in [0.29, 0.717) is 25.9 Å². The number of hydrogen-bond donors (Lipinski definition) is 1. The molecular weight excluding hydrogens is 554 g/mol. The summed E-state index contributed by atoms with van der Waals surface area (Å²) in [7, 11) is 0. The predicted octanol–water partition coefficient (Wildman–Crippen LogP) is 3.48. The maximum Gasteiger partial charge on any atom is 0.247 e. The predicted molar refractivity (Wildman–Crippen MR) is 152 cm³/mol. The van der Waals surface area contributed by atoms with E-state index in [1.165, 1.54) is 0 Å². The van der Waals surface area contributed by atoms with E-state index in [4.69, 9.17) is 0 Å². The number of carbonyl (C=O) groups is 3. The minimum atomic E-state index is -0.715. The molecule has 3 heterocycles. The fraction of sp³-hybridized carbons (Fsp3) is 0.536. The Labute approximate surface area is 232 Å². The van der Waals surface area contributed by atoms with E-state index < -0.39 is 22.6 Å². The summed E-state index contributed by atoms with van der Waals surface area (Å²) in [4.78, 5) is 47.6. The van der Waals surface area contributed by atoms with Crippen LogP contribution in [0.4, 0.5) is 5.69 Å². The lowest BCUT2D eigenvalue weighted by Gasteiger charge is -2.39. The highest BCUT2D eigenvalue weighted by atomic mass is 79.9. The van der Waals surface area contributed by atoms with Gasteiger partial charge in [0.2, 0.25) is 17.7 Å². The number of anilines is 1. The molecule has 0 aliphatic carbocycles. The van der Waals surface area contributed by atoms with Gasteiger partial charge >= 0.3 is 0 Å². The third kappa shape index (κ3) is 4.68. The molecule has 200 valence electrons. The quantitative estimate of drug-likeness (QED) is 0.316. The maximum atomic E-state index is 14.2. The number of carbonyl (C=O) groups excluding carboxylic acids is 3. The van der Waals surface area contributed by atoms with E-state index in [-0.39, 0.29) is 47.0 Å². The van der Waals surface area contributed by atoms with E-state index >= 15 is 0 Å². The lowest BCUT2D eigenvalue weighted by molar-refractivity contribution is -0.143. The topological polar surface area (TPSA) is 81.2 Å². The number of aliphatic hydroxyl groups excluding tert-OH is 1. The van der Waals surface area contributed by atoms with Gasteiger partial charge in [0.1, 0.15) is 6.04 Å². The van der Waals surface area contributed by atoms with Crippen molar-refractivity contribution in [3.05, 3.63) is 55.6 Å². The van der Waals surface area contributed by atoms with Gasteiger partial charge in [-0.25, -0.2) is 0 Å². The number of amides is 3. The molecule has 0 radical (unpaired) electrons. The number of para-hydroxylation sites is 1. The molecule has 1 aromatic carbocycles. The second-order valence-electron chi connectivity index (χ2n) is 10.2. The first-order valence-corrected chi connectivity index (χ1v) is 14.6. The average Bonchev–Trinajstić information content (AvgIpc) is 3.47. The van der Waals surface area contributed by atoms with Crippen LogP contribution in [0.1, 0.15) is 26.7 Å². The number of aliphatic hydroxyl groups is 1. The number of halogens is 1. The van der Waals surface area contributed by atoms with Crippen LogP contribution in [0.2, 0.25) is 0 Å². The molecule has 9 heteroatoms. The number of benzene rings is 1. The number of hydrogen-bond acceptors (Lipinski definition) is 5. The first-order valence-electron chi connectivity index (χ1n) is 12.8. The smallest absolute Gasteiger partial charge is 0.247 e. The van der Waals surface area contributed by atoms with Crippen molar-refractivity contribution in [2.75, 3.05) is 31.1 Å². The first kappa shape index (κ1) is 27.9. The molecular formula is C28H36BrN3O4S. The van der Waals surface area contributed by atoms with Crippen molar-refractivity contribution in [2.24, 2.45) is 11.8 Å². The van der Waals surface area contributed by atoms with Gasteiger partial charge in [-0.05, 0) is 38.8 Å². The summed E-state index contributed by atoms with van der Waals surface area (Å²) in [5.74, 6) is -1.57. The van der Waals surface area contributed by atoms with Crippen LogP contribution in [-0.2, 0) is 14.4 Å². The zero-order chi connectivity index (χ0) is 26.9. The van der Waals surface area contributed by atoms with Gasteiger partial charge in [-0.1, -0.05) is 46.3 Å². The van der Waals surface area contributed by atoms with Crippen LogP contribution in [0.25, 0.3) is 0 Å². The molecule has 3 unspecified atom stereocenters. The highest BCUT2D eigenvalue weighted by molar-refractivity contribution is 9.09. The molecule has 6 atom stereocenters. The molecule has 3 aliphatic rings. The Kier molecular flexibility index (Phi) is 8.55. The molecule has 1 spiro atoms. The molecule has 0 saturated carbocycles. The monoisotopic (exact) mass is 589 g/mol. The third-order valence-corrected chi connectivity index (χ3v) is 11.0. The van der Waals surface area contributed by atoms with E-state index in [1.54, 1.807) is 38.6 Å². The lowest BCUT2D eigenvalue weighted by atomic mass is 9.70. The molecule has 1 N–H and O–H groups in total. The minimum absolute atomic E-state index is 0.00292. The van der Waals surface area contributed by atoms with Crippen molar-refractivity contribution in [2.45, 2.75) is 53.6 Å². The Bertz CT molecular complexity index is 1050. The Morgan fingerprint density at radius 1 is 1.22 bits per heavy atom. The number of likely N-dealkylation sites (tertiary alicyclic amines) is 1. The second kappa shape index (κ2) is 11.3. The van der Waals surface area contributed by atoms with E-state index in [2.05, 4.69) is 29.1 Å². The highest BCUT2D eigenvalue weighted by Gasteiger charge is 2.76. The van der Waals surface area contributed by atoms with E-state index in [0.717, 1.165) is 5.69 Å². The van der Waals surface area contributed by atoms with Gasteiger partial charge in [0, 0.05) is 48.0 Å². The summed E-state index contributed by atoms with van der Waals surface area (Å²) in [5, 5.41) is 9.44. The zero-order valence-corrected chi connectivity index (χ0v) is 23.9. The lowest BCUT2D eigenvalue weighted by Crippen LogP contribution is -2.57. The van der Waals surface area contributed by atoms with Crippen molar-refractivity contribution >= 4 is 51.1 Å². The van der Waals surface area contributed by atoms with Crippen molar-refractivity contribution in [1.82, 2.24) is 9.80 Å². The van der Waals surface area contributed by atoms with Crippen molar-refractivity contribution in [1.29, 1.82) is 0 Å². The molecule has 37 heavy (non-hydrogen) atoms. The van der Waals surface area contributed by atoms with E-state index in [9.17, 15) is 19.5 Å². The van der Waals surface area contributed by atoms with Crippen molar-refractivity contribution in [3.8, 4) is 0 Å². The summed E-state index contributed by atoms with van der Waals surface area (Å²) >= 11 is 5.45. The molecule has 3 fully saturated rings. The van der Waals surface area contributed by atoms with Crippen LogP contribution < -0.4 is 4.90 Å². The number of rotatable bonds is 11. The Morgan fingerprint density at radius 3 is 2.49 bits per heavy atom. The van der Waals surface area contributed by atoms with Crippen LogP contribution in [-0.4, -0.2) is 85.8 Å². The zero-order valence-electron chi connectivity index (χ0n) is 21.5. The molecule has 0 aromatic heterocycles. The first-order chi connectivity index (χ1) is 17.7. The van der Waals surface area contributed by atoms with Crippen molar-refractivity contribution in [3.63, 3.8) is 0 Å². The Morgan fingerprint density at radius 2 is 1.89 bits per heavy atom. The molecule has 2 bridgehead atoms. The maximum absolute atomic E-state index is 14.2. The number of thioether (sulfide) groups is 1. The number of alkyl halides is 1.